The van der Waals surface area contributed by atoms with Gasteiger partial charge in [-0.25, -0.2) is 4.39 Å². The first-order valence-corrected chi connectivity index (χ1v) is 7.42. The molecule has 4 heteroatoms. The smallest absolute Gasteiger partial charge is 0.123 e. The van der Waals surface area contributed by atoms with Crippen LogP contribution in [-0.4, -0.2) is 0 Å². The molecule has 3 N–H and O–H groups in total. The van der Waals surface area contributed by atoms with Crippen molar-refractivity contribution in [2.45, 2.75) is 25.8 Å². The molecule has 20 heavy (non-hydrogen) atoms. The number of halogens is 2. The van der Waals surface area contributed by atoms with Crippen molar-refractivity contribution in [3.63, 3.8) is 0 Å². The molecule has 0 heterocycles. The summed E-state index contributed by atoms with van der Waals surface area (Å²) < 4.78 is 14.2. The molecule has 0 fully saturated rings. The number of rotatable bonds is 5. The van der Waals surface area contributed by atoms with E-state index in [9.17, 15) is 4.39 Å². The van der Waals surface area contributed by atoms with Crippen molar-refractivity contribution in [2.75, 3.05) is 0 Å². The normalized spacial score (nSPS) is 12.4. The van der Waals surface area contributed by atoms with Crippen LogP contribution in [0.2, 0.25) is 0 Å². The fourth-order valence-corrected chi connectivity index (χ4v) is 2.71. The lowest BCUT2D eigenvalue weighted by atomic mass is 9.98. The highest BCUT2D eigenvalue weighted by atomic mass is 79.9. The van der Waals surface area contributed by atoms with Crippen LogP contribution in [0.4, 0.5) is 4.39 Å². The molecule has 2 aromatic carbocycles. The molecule has 1 atom stereocenters. The fourth-order valence-electron chi connectivity index (χ4n) is 2.19. The van der Waals surface area contributed by atoms with Gasteiger partial charge in [-0.15, -0.1) is 0 Å². The quantitative estimate of drug-likeness (QED) is 0.642. The van der Waals surface area contributed by atoms with Crippen LogP contribution >= 0.6 is 15.9 Å². The zero-order valence-corrected chi connectivity index (χ0v) is 13.0. The molecule has 1 unspecified atom stereocenters. The summed E-state index contributed by atoms with van der Waals surface area (Å²) in [7, 11) is 0. The molecular formula is C16H18BrFN2. The van der Waals surface area contributed by atoms with E-state index in [2.05, 4.69) is 52.5 Å². The van der Waals surface area contributed by atoms with Crippen LogP contribution in [0.15, 0.2) is 46.9 Å². The van der Waals surface area contributed by atoms with E-state index in [1.165, 1.54) is 23.3 Å². The maximum atomic E-state index is 13.4. The van der Waals surface area contributed by atoms with Crippen molar-refractivity contribution < 1.29 is 4.39 Å². The molecule has 0 saturated carbocycles. The van der Waals surface area contributed by atoms with Gasteiger partial charge in [-0.1, -0.05) is 47.1 Å². The van der Waals surface area contributed by atoms with Gasteiger partial charge < -0.3 is 0 Å². The minimum atomic E-state index is -0.259. The Balaban J connectivity index is 2.21. The number of hydrogen-bond acceptors (Lipinski definition) is 2. The number of hydrogen-bond donors (Lipinski definition) is 2. The number of nitrogens with one attached hydrogen (secondary N) is 1. The van der Waals surface area contributed by atoms with Crippen molar-refractivity contribution in [1.82, 2.24) is 5.43 Å². The molecule has 0 aromatic heterocycles. The Morgan fingerprint density at radius 1 is 1.15 bits per heavy atom. The van der Waals surface area contributed by atoms with E-state index >= 15 is 0 Å². The summed E-state index contributed by atoms with van der Waals surface area (Å²) in [6.45, 7) is 2.13. The lowest BCUT2D eigenvalue weighted by Crippen LogP contribution is -2.30. The van der Waals surface area contributed by atoms with E-state index in [4.69, 9.17) is 5.84 Å². The second-order valence-electron chi connectivity index (χ2n) is 4.76. The monoisotopic (exact) mass is 336 g/mol. The third-order valence-corrected chi connectivity index (χ3v) is 4.13. The van der Waals surface area contributed by atoms with Crippen molar-refractivity contribution in [3.8, 4) is 0 Å². The predicted octanol–water partition coefficient (Wildman–Crippen LogP) is 3.90. The van der Waals surface area contributed by atoms with Gasteiger partial charge >= 0.3 is 0 Å². The highest BCUT2D eigenvalue weighted by Gasteiger charge is 2.14. The van der Waals surface area contributed by atoms with Crippen LogP contribution in [0.3, 0.4) is 0 Å². The summed E-state index contributed by atoms with van der Waals surface area (Å²) in [5, 5.41) is 0. The van der Waals surface area contributed by atoms with Gasteiger partial charge in [0.2, 0.25) is 0 Å². The summed E-state index contributed by atoms with van der Waals surface area (Å²) in [6, 6.07) is 12.9. The Morgan fingerprint density at radius 2 is 1.80 bits per heavy atom. The first-order valence-electron chi connectivity index (χ1n) is 6.63. The Morgan fingerprint density at radius 3 is 2.40 bits per heavy atom. The lowest BCUT2D eigenvalue weighted by molar-refractivity contribution is 0.542. The zero-order valence-electron chi connectivity index (χ0n) is 11.4. The van der Waals surface area contributed by atoms with Crippen LogP contribution in [0.1, 0.15) is 29.7 Å². The summed E-state index contributed by atoms with van der Waals surface area (Å²) in [5.41, 5.74) is 6.06. The summed E-state index contributed by atoms with van der Waals surface area (Å²) in [4.78, 5) is 0. The van der Waals surface area contributed by atoms with E-state index < -0.39 is 0 Å². The third kappa shape index (κ3) is 3.66. The summed E-state index contributed by atoms with van der Waals surface area (Å²) >= 11 is 3.45. The van der Waals surface area contributed by atoms with Crippen LogP contribution in [0.25, 0.3) is 0 Å². The van der Waals surface area contributed by atoms with E-state index in [-0.39, 0.29) is 11.9 Å². The molecule has 2 aromatic rings. The van der Waals surface area contributed by atoms with Gasteiger partial charge in [0.15, 0.2) is 0 Å². The van der Waals surface area contributed by atoms with Crippen molar-refractivity contribution in [1.29, 1.82) is 0 Å². The van der Waals surface area contributed by atoms with Gasteiger partial charge in [-0.05, 0) is 47.7 Å². The maximum absolute atomic E-state index is 13.4. The molecule has 0 radical (unpaired) electrons. The molecule has 106 valence electrons. The number of nitrogens with two attached hydrogens (primary N) is 1. The second-order valence-corrected chi connectivity index (χ2v) is 5.61. The van der Waals surface area contributed by atoms with Gasteiger partial charge in [-0.3, -0.25) is 11.3 Å². The first kappa shape index (κ1) is 15.2. The minimum absolute atomic E-state index is 0.132. The Bertz CT molecular complexity index is 569. The average Bonchev–Trinajstić information content (AvgIpc) is 2.48. The van der Waals surface area contributed by atoms with Crippen molar-refractivity contribution in [2.24, 2.45) is 5.84 Å². The van der Waals surface area contributed by atoms with E-state index in [1.807, 2.05) is 0 Å². The first-order chi connectivity index (χ1) is 9.63. The molecule has 0 amide bonds. The van der Waals surface area contributed by atoms with Gasteiger partial charge in [0.05, 0.1) is 6.04 Å². The molecule has 2 nitrogen and oxygen atoms in total. The largest absolute Gasteiger partial charge is 0.271 e. The lowest BCUT2D eigenvalue weighted by Gasteiger charge is -2.18. The molecule has 0 bridgehead atoms. The molecule has 0 spiro atoms. The third-order valence-electron chi connectivity index (χ3n) is 3.41. The molecule has 0 aliphatic heterocycles. The van der Waals surface area contributed by atoms with Crippen LogP contribution < -0.4 is 11.3 Å². The highest BCUT2D eigenvalue weighted by molar-refractivity contribution is 9.10. The summed E-state index contributed by atoms with van der Waals surface area (Å²) in [5.74, 6) is 5.37. The number of aryl methyl sites for hydroxylation is 1. The average molecular weight is 337 g/mol. The van der Waals surface area contributed by atoms with Gasteiger partial charge in [0.25, 0.3) is 0 Å². The van der Waals surface area contributed by atoms with E-state index in [0.717, 1.165) is 16.5 Å². The van der Waals surface area contributed by atoms with Gasteiger partial charge in [0.1, 0.15) is 5.82 Å². The SMILES string of the molecule is CCc1ccc(CC(NN)c2cc(F)ccc2Br)cc1. The Hall–Kier alpha value is -1.23. The number of benzene rings is 2. The number of hydrazine groups is 1. The van der Waals surface area contributed by atoms with E-state index in [0.29, 0.717) is 6.42 Å². The molecule has 2 rings (SSSR count). The standard InChI is InChI=1S/C16H18BrFN2/c1-2-11-3-5-12(6-4-11)9-16(20-19)14-10-13(18)7-8-15(14)17/h3-8,10,16,20H,2,9,19H2,1H3. The molecule has 0 aliphatic carbocycles. The van der Waals surface area contributed by atoms with E-state index in [1.54, 1.807) is 6.07 Å². The molecule has 0 aliphatic rings. The maximum Gasteiger partial charge on any atom is 0.123 e. The van der Waals surface area contributed by atoms with Gasteiger partial charge in [0, 0.05) is 4.47 Å². The highest BCUT2D eigenvalue weighted by Crippen LogP contribution is 2.26. The van der Waals surface area contributed by atoms with Crippen molar-refractivity contribution >= 4 is 15.9 Å². The Kier molecular flexibility index (Phi) is 5.29. The van der Waals surface area contributed by atoms with Crippen LogP contribution in [0.5, 0.6) is 0 Å². The fraction of sp³-hybridized carbons (Fsp3) is 0.250. The molecule has 0 saturated heterocycles. The Labute approximate surface area is 127 Å². The molecular weight excluding hydrogens is 319 g/mol. The minimum Gasteiger partial charge on any atom is -0.271 e. The van der Waals surface area contributed by atoms with Gasteiger partial charge in [-0.2, -0.15) is 0 Å². The van der Waals surface area contributed by atoms with Crippen molar-refractivity contribution in [3.05, 3.63) is 69.4 Å². The predicted molar refractivity (Wildman–Crippen MR) is 83.7 cm³/mol. The second kappa shape index (κ2) is 6.97. The van der Waals surface area contributed by atoms with Crippen LogP contribution in [0, 0.1) is 5.82 Å². The topological polar surface area (TPSA) is 38.0 Å². The zero-order chi connectivity index (χ0) is 14.5. The summed E-state index contributed by atoms with van der Waals surface area (Å²) in [6.07, 6.45) is 1.73. The van der Waals surface area contributed by atoms with Crippen LogP contribution in [-0.2, 0) is 12.8 Å².